The minimum absolute atomic E-state index is 0.0534. The highest BCUT2D eigenvalue weighted by atomic mass is 32.1. The summed E-state index contributed by atoms with van der Waals surface area (Å²) in [6, 6.07) is 0. The monoisotopic (exact) mass is 322 g/mol. The van der Waals surface area contributed by atoms with Crippen LogP contribution in [0.5, 0.6) is 0 Å². The fourth-order valence-corrected chi connectivity index (χ4v) is 3.02. The molecule has 0 aliphatic rings. The zero-order valence-corrected chi connectivity index (χ0v) is 13.2. The number of H-pyrrole nitrogens is 2. The molecule has 0 amide bonds. The summed E-state index contributed by atoms with van der Waals surface area (Å²) < 4.78 is 0. The minimum Gasteiger partial charge on any atom is -0.396 e. The van der Waals surface area contributed by atoms with Crippen LogP contribution in [0.25, 0.3) is 0 Å². The molecule has 120 valence electrons. The second-order valence-electron chi connectivity index (χ2n) is 5.30. The number of aliphatic hydroxyl groups excluding tert-OH is 2. The van der Waals surface area contributed by atoms with Crippen LogP contribution in [0.3, 0.4) is 0 Å². The Kier molecular flexibility index (Phi) is 6.70. The highest BCUT2D eigenvalue weighted by Crippen LogP contribution is 2.22. The van der Waals surface area contributed by atoms with Gasteiger partial charge in [0, 0.05) is 55.7 Å². The van der Waals surface area contributed by atoms with Gasteiger partial charge in [-0.3, -0.25) is 0 Å². The number of imidazole rings is 2. The largest absolute Gasteiger partial charge is 0.396 e. The quantitative estimate of drug-likeness (QED) is 0.494. The van der Waals surface area contributed by atoms with Gasteiger partial charge in [0.15, 0.2) is 0 Å². The molecule has 0 spiro atoms. The molecule has 0 saturated carbocycles. The molecule has 0 radical (unpaired) electrons. The van der Waals surface area contributed by atoms with E-state index in [1.165, 1.54) is 0 Å². The number of aromatic amines is 2. The predicted octanol–water partition coefficient (Wildman–Crippen LogP) is 1.29. The molecule has 2 unspecified atom stereocenters. The van der Waals surface area contributed by atoms with Crippen LogP contribution in [0.2, 0.25) is 0 Å². The number of hydrogen-bond acceptors (Lipinski definition) is 5. The highest BCUT2D eigenvalue weighted by molar-refractivity contribution is 7.80. The van der Waals surface area contributed by atoms with Crippen LogP contribution in [0.4, 0.5) is 0 Å². The van der Waals surface area contributed by atoms with Gasteiger partial charge in [-0.05, 0) is 24.7 Å². The lowest BCUT2D eigenvalue weighted by Gasteiger charge is -2.23. The van der Waals surface area contributed by atoms with E-state index in [0.29, 0.717) is 25.7 Å². The van der Waals surface area contributed by atoms with Crippen molar-refractivity contribution in [2.45, 2.75) is 25.7 Å². The van der Waals surface area contributed by atoms with E-state index in [1.54, 1.807) is 24.8 Å². The fourth-order valence-electron chi connectivity index (χ4n) is 2.62. The molecule has 2 aromatic rings. The molecule has 0 aromatic carbocycles. The number of thiocarbonyl (C=S) groups is 1. The third kappa shape index (κ3) is 4.72. The minimum atomic E-state index is 0.0534. The number of rotatable bonds is 10. The van der Waals surface area contributed by atoms with Crippen molar-refractivity contribution >= 4 is 17.1 Å². The molecule has 4 N–H and O–H groups in total. The van der Waals surface area contributed by atoms with Crippen LogP contribution in [-0.4, -0.2) is 48.2 Å². The Morgan fingerprint density at radius 1 is 0.955 bits per heavy atom. The molecule has 0 fully saturated rings. The van der Waals surface area contributed by atoms with Crippen molar-refractivity contribution in [1.29, 1.82) is 0 Å². The zero-order chi connectivity index (χ0) is 15.8. The molecule has 0 aliphatic carbocycles. The molecule has 2 aromatic heterocycles. The molecular formula is C15H22N4O2S. The van der Waals surface area contributed by atoms with Crippen LogP contribution in [0, 0.1) is 11.8 Å². The molecular weight excluding hydrogens is 300 g/mol. The maximum absolute atomic E-state index is 9.32. The molecule has 7 heteroatoms. The Bertz CT molecular complexity index is 494. The third-order valence-corrected chi connectivity index (χ3v) is 4.42. The number of hydrogen-bond donors (Lipinski definition) is 4. The van der Waals surface area contributed by atoms with Crippen LogP contribution in [0.1, 0.15) is 24.5 Å². The summed E-state index contributed by atoms with van der Waals surface area (Å²) in [7, 11) is 0. The molecule has 2 rings (SSSR count). The average molecular weight is 322 g/mol. The van der Waals surface area contributed by atoms with E-state index in [-0.39, 0.29) is 25.0 Å². The summed E-state index contributed by atoms with van der Waals surface area (Å²) in [6.07, 6.45) is 9.52. The van der Waals surface area contributed by atoms with Crippen molar-refractivity contribution in [2.75, 3.05) is 13.2 Å². The Hall–Kier alpha value is -1.57. The van der Waals surface area contributed by atoms with Gasteiger partial charge in [0.25, 0.3) is 0 Å². The first-order valence-electron chi connectivity index (χ1n) is 7.46. The molecule has 22 heavy (non-hydrogen) atoms. The summed E-state index contributed by atoms with van der Waals surface area (Å²) in [6.45, 7) is 0.163. The Labute approximate surface area is 135 Å². The molecule has 6 nitrogen and oxygen atoms in total. The summed E-state index contributed by atoms with van der Waals surface area (Å²) in [4.78, 5) is 15.5. The maximum Gasteiger partial charge on any atom is 0.106 e. The molecule has 0 aliphatic heterocycles. The molecule has 2 atom stereocenters. The Morgan fingerprint density at radius 3 is 1.73 bits per heavy atom. The van der Waals surface area contributed by atoms with Crippen molar-refractivity contribution in [1.82, 2.24) is 19.9 Å². The summed E-state index contributed by atoms with van der Waals surface area (Å²) >= 11 is 5.67. The first-order chi connectivity index (χ1) is 10.7. The van der Waals surface area contributed by atoms with Crippen molar-refractivity contribution in [3.63, 3.8) is 0 Å². The van der Waals surface area contributed by atoms with Crippen LogP contribution in [-0.2, 0) is 12.8 Å². The molecule has 0 saturated heterocycles. The van der Waals surface area contributed by atoms with E-state index >= 15 is 0 Å². The van der Waals surface area contributed by atoms with Crippen molar-refractivity contribution < 1.29 is 10.2 Å². The van der Waals surface area contributed by atoms with Gasteiger partial charge in [-0.15, -0.1) is 0 Å². The van der Waals surface area contributed by atoms with Crippen molar-refractivity contribution in [2.24, 2.45) is 11.8 Å². The lowest BCUT2D eigenvalue weighted by Crippen LogP contribution is -2.27. The van der Waals surface area contributed by atoms with Gasteiger partial charge >= 0.3 is 0 Å². The smallest absolute Gasteiger partial charge is 0.106 e. The van der Waals surface area contributed by atoms with Crippen molar-refractivity contribution in [3.8, 4) is 0 Å². The number of nitrogens with zero attached hydrogens (tertiary/aromatic N) is 2. The van der Waals surface area contributed by atoms with Gasteiger partial charge in [0.2, 0.25) is 0 Å². The lowest BCUT2D eigenvalue weighted by atomic mass is 9.85. The van der Waals surface area contributed by atoms with E-state index in [1.807, 2.05) is 0 Å². The van der Waals surface area contributed by atoms with Crippen LogP contribution < -0.4 is 0 Å². The second-order valence-corrected chi connectivity index (χ2v) is 5.77. The van der Waals surface area contributed by atoms with Gasteiger partial charge in [-0.2, -0.15) is 0 Å². The second kappa shape index (κ2) is 8.77. The average Bonchev–Trinajstić information content (AvgIpc) is 3.19. The van der Waals surface area contributed by atoms with Crippen LogP contribution >= 0.6 is 12.2 Å². The number of nitrogens with one attached hydrogen (secondary N) is 2. The Balaban J connectivity index is 2.07. The normalized spacial score (nSPS) is 13.9. The Morgan fingerprint density at radius 2 is 1.41 bits per heavy atom. The van der Waals surface area contributed by atoms with Gasteiger partial charge in [-0.1, -0.05) is 12.2 Å². The summed E-state index contributed by atoms with van der Waals surface area (Å²) in [5.74, 6) is 1.83. The first-order valence-corrected chi connectivity index (χ1v) is 7.87. The topological polar surface area (TPSA) is 97.8 Å². The highest BCUT2D eigenvalue weighted by Gasteiger charge is 2.24. The fraction of sp³-hybridized carbons (Fsp3) is 0.533. The molecule has 2 heterocycles. The van der Waals surface area contributed by atoms with Gasteiger partial charge in [0.1, 0.15) is 11.6 Å². The predicted molar refractivity (Wildman–Crippen MR) is 87.6 cm³/mol. The number of aromatic nitrogens is 4. The lowest BCUT2D eigenvalue weighted by molar-refractivity contribution is 0.263. The van der Waals surface area contributed by atoms with Gasteiger partial charge in [0.05, 0.1) is 0 Å². The van der Waals surface area contributed by atoms with E-state index in [4.69, 9.17) is 12.2 Å². The molecule has 0 bridgehead atoms. The van der Waals surface area contributed by atoms with Gasteiger partial charge < -0.3 is 20.2 Å². The van der Waals surface area contributed by atoms with E-state index in [0.717, 1.165) is 16.5 Å². The van der Waals surface area contributed by atoms with E-state index < -0.39 is 0 Å². The summed E-state index contributed by atoms with van der Waals surface area (Å²) in [5.41, 5.74) is 0. The zero-order valence-electron chi connectivity index (χ0n) is 12.4. The first kappa shape index (κ1) is 16.8. The third-order valence-electron chi connectivity index (χ3n) is 3.75. The standard InChI is InChI=1S/C15H22N4O2S/c20-7-1-11(9-13-16-3-4-17-13)15(22)12(2-8-21)10-14-18-5-6-19-14/h3-6,11-12,20-21H,1-2,7-10H2,(H,16,17)(H,18,19). The SMILES string of the molecule is OCCC(Cc1ncc[nH]1)C(=S)C(CCO)Cc1ncc[nH]1. The maximum atomic E-state index is 9.32. The summed E-state index contributed by atoms with van der Waals surface area (Å²) in [5, 5.41) is 18.6. The van der Waals surface area contributed by atoms with Crippen LogP contribution in [0.15, 0.2) is 24.8 Å². The number of aliphatic hydroxyl groups is 2. The van der Waals surface area contributed by atoms with Gasteiger partial charge in [-0.25, -0.2) is 9.97 Å². The van der Waals surface area contributed by atoms with E-state index in [9.17, 15) is 10.2 Å². The van der Waals surface area contributed by atoms with Crippen molar-refractivity contribution in [3.05, 3.63) is 36.4 Å². The van der Waals surface area contributed by atoms with E-state index in [2.05, 4.69) is 19.9 Å².